The molecule has 0 spiro atoms. The van der Waals surface area contributed by atoms with Crippen LogP contribution in [0.2, 0.25) is 0 Å². The highest BCUT2D eigenvalue weighted by Crippen LogP contribution is 2.18. The van der Waals surface area contributed by atoms with Crippen molar-refractivity contribution in [1.82, 2.24) is 19.7 Å². The lowest BCUT2D eigenvalue weighted by molar-refractivity contribution is -0.385. The zero-order valence-electron chi connectivity index (χ0n) is 12.4. The molecule has 1 atom stereocenters. The average molecular weight is 303 g/mol. The summed E-state index contributed by atoms with van der Waals surface area (Å²) >= 11 is 0. The second-order valence-electron chi connectivity index (χ2n) is 4.93. The van der Waals surface area contributed by atoms with Crippen LogP contribution in [-0.2, 0) is 11.3 Å². The van der Waals surface area contributed by atoms with Crippen LogP contribution in [-0.4, -0.2) is 37.5 Å². The fourth-order valence-electron chi connectivity index (χ4n) is 2.04. The Bertz CT molecular complexity index is 656. The molecule has 0 aliphatic heterocycles. The van der Waals surface area contributed by atoms with E-state index in [4.69, 9.17) is 0 Å². The van der Waals surface area contributed by atoms with Crippen LogP contribution < -0.4 is 0 Å². The van der Waals surface area contributed by atoms with Gasteiger partial charge in [0.1, 0.15) is 12.4 Å². The van der Waals surface area contributed by atoms with Crippen molar-refractivity contribution in [2.75, 3.05) is 7.05 Å². The smallest absolute Gasteiger partial charge is 0.306 e. The Labute approximate surface area is 127 Å². The van der Waals surface area contributed by atoms with Crippen molar-refractivity contribution in [3.05, 3.63) is 52.6 Å². The summed E-state index contributed by atoms with van der Waals surface area (Å²) in [6.07, 6.45) is 6.10. The Hall–Kier alpha value is -2.77. The quantitative estimate of drug-likeness (QED) is 0.599. The van der Waals surface area contributed by atoms with E-state index in [0.29, 0.717) is 6.54 Å². The van der Waals surface area contributed by atoms with Gasteiger partial charge in [0.05, 0.1) is 11.0 Å². The molecule has 0 aliphatic rings. The van der Waals surface area contributed by atoms with Gasteiger partial charge in [-0.1, -0.05) is 0 Å². The molecule has 2 aromatic rings. The number of aryl methyl sites for hydroxylation is 1. The first kappa shape index (κ1) is 15.6. The van der Waals surface area contributed by atoms with Gasteiger partial charge in [-0.3, -0.25) is 24.6 Å². The second-order valence-corrected chi connectivity index (χ2v) is 4.93. The maximum atomic E-state index is 12.2. The highest BCUT2D eigenvalue weighted by Gasteiger charge is 2.17. The topological polar surface area (TPSA) is 94.2 Å². The van der Waals surface area contributed by atoms with Crippen LogP contribution in [0.15, 0.2) is 36.9 Å². The number of nitrogens with zero attached hydrogens (tertiary/aromatic N) is 5. The molecule has 0 radical (unpaired) electrons. The number of carbonyl (C=O) groups is 1. The first-order valence-corrected chi connectivity index (χ1v) is 6.81. The van der Waals surface area contributed by atoms with E-state index < -0.39 is 4.92 Å². The maximum Gasteiger partial charge on any atom is 0.306 e. The summed E-state index contributed by atoms with van der Waals surface area (Å²) in [5.74, 6) is -0.0533. The van der Waals surface area contributed by atoms with Crippen molar-refractivity contribution >= 4 is 11.6 Å². The Balaban J connectivity index is 1.92. The molecule has 2 rings (SSSR count). The predicted octanol–water partition coefficient (Wildman–Crippen LogP) is 1.80. The number of aromatic nitrogens is 3. The van der Waals surface area contributed by atoms with Crippen LogP contribution in [0.3, 0.4) is 0 Å². The van der Waals surface area contributed by atoms with E-state index in [1.54, 1.807) is 24.3 Å². The third-order valence-corrected chi connectivity index (χ3v) is 3.55. The minimum atomic E-state index is -0.511. The van der Waals surface area contributed by atoms with Crippen LogP contribution in [0, 0.1) is 10.1 Å². The van der Waals surface area contributed by atoms with Crippen molar-refractivity contribution in [2.45, 2.75) is 25.9 Å². The Kier molecular flexibility index (Phi) is 4.82. The van der Waals surface area contributed by atoms with E-state index >= 15 is 0 Å². The van der Waals surface area contributed by atoms with Gasteiger partial charge in [0.15, 0.2) is 0 Å². The highest BCUT2D eigenvalue weighted by molar-refractivity contribution is 5.76. The fourth-order valence-corrected chi connectivity index (χ4v) is 2.04. The molecule has 116 valence electrons. The van der Waals surface area contributed by atoms with E-state index in [1.807, 2.05) is 19.1 Å². The number of amides is 1. The van der Waals surface area contributed by atoms with Crippen LogP contribution in [0.1, 0.15) is 24.9 Å². The number of carbonyl (C=O) groups excluding carboxylic acids is 1. The minimum absolute atomic E-state index is 0.0533. The molecule has 2 heterocycles. The minimum Gasteiger partial charge on any atom is -0.339 e. The molecule has 0 aliphatic carbocycles. The molecule has 22 heavy (non-hydrogen) atoms. The summed E-state index contributed by atoms with van der Waals surface area (Å²) in [6.45, 7) is 2.24. The lowest BCUT2D eigenvalue weighted by Crippen LogP contribution is -2.30. The largest absolute Gasteiger partial charge is 0.339 e. The normalized spacial score (nSPS) is 11.9. The molecule has 0 saturated carbocycles. The molecule has 0 fully saturated rings. The van der Waals surface area contributed by atoms with Gasteiger partial charge in [-0.2, -0.15) is 5.10 Å². The average Bonchev–Trinajstić information content (AvgIpc) is 3.01. The number of rotatable bonds is 6. The van der Waals surface area contributed by atoms with Crippen LogP contribution in [0.4, 0.5) is 5.69 Å². The number of pyridine rings is 1. The molecule has 0 saturated heterocycles. The van der Waals surface area contributed by atoms with Crippen molar-refractivity contribution in [2.24, 2.45) is 0 Å². The number of hydrogen-bond donors (Lipinski definition) is 0. The molecule has 0 N–H and O–H groups in total. The Morgan fingerprint density at radius 3 is 2.73 bits per heavy atom. The summed E-state index contributed by atoms with van der Waals surface area (Å²) in [6, 6.07) is 3.67. The van der Waals surface area contributed by atoms with Crippen molar-refractivity contribution in [3.8, 4) is 0 Å². The Morgan fingerprint density at radius 1 is 1.45 bits per heavy atom. The van der Waals surface area contributed by atoms with Gasteiger partial charge in [0, 0.05) is 32.4 Å². The summed E-state index contributed by atoms with van der Waals surface area (Å²) in [5.41, 5.74) is 0.923. The SMILES string of the molecule is C[C@H](c1ccncc1)N(C)C(=O)CCn1cc([N+](=O)[O-])cn1. The zero-order valence-corrected chi connectivity index (χ0v) is 12.4. The third-order valence-electron chi connectivity index (χ3n) is 3.55. The van der Waals surface area contributed by atoms with Gasteiger partial charge in [-0.15, -0.1) is 0 Å². The molecule has 0 bridgehead atoms. The second kappa shape index (κ2) is 6.79. The van der Waals surface area contributed by atoms with Crippen molar-refractivity contribution in [3.63, 3.8) is 0 Å². The molecule has 2 aromatic heterocycles. The van der Waals surface area contributed by atoms with Crippen molar-refractivity contribution in [1.29, 1.82) is 0 Å². The summed E-state index contributed by atoms with van der Waals surface area (Å²) in [5, 5.41) is 14.4. The zero-order chi connectivity index (χ0) is 16.1. The van der Waals surface area contributed by atoms with E-state index in [1.165, 1.54) is 17.1 Å². The van der Waals surface area contributed by atoms with Gasteiger partial charge in [0.2, 0.25) is 5.91 Å². The summed E-state index contributed by atoms with van der Waals surface area (Å²) in [7, 11) is 1.74. The van der Waals surface area contributed by atoms with E-state index in [0.717, 1.165) is 5.56 Å². The first-order valence-electron chi connectivity index (χ1n) is 6.81. The molecule has 1 amide bonds. The first-order chi connectivity index (χ1) is 10.5. The highest BCUT2D eigenvalue weighted by atomic mass is 16.6. The predicted molar refractivity (Wildman–Crippen MR) is 78.9 cm³/mol. The maximum absolute atomic E-state index is 12.2. The fraction of sp³-hybridized carbons (Fsp3) is 0.357. The van der Waals surface area contributed by atoms with Crippen LogP contribution >= 0.6 is 0 Å². The van der Waals surface area contributed by atoms with E-state index in [-0.39, 0.29) is 24.1 Å². The monoisotopic (exact) mass is 303 g/mol. The lowest BCUT2D eigenvalue weighted by Gasteiger charge is -2.25. The van der Waals surface area contributed by atoms with Gasteiger partial charge in [0.25, 0.3) is 0 Å². The van der Waals surface area contributed by atoms with E-state index in [2.05, 4.69) is 10.1 Å². The van der Waals surface area contributed by atoms with Gasteiger partial charge in [-0.05, 0) is 24.6 Å². The molecule has 0 unspecified atom stereocenters. The Morgan fingerprint density at radius 2 is 2.14 bits per heavy atom. The summed E-state index contributed by atoms with van der Waals surface area (Å²) in [4.78, 5) is 27.9. The lowest BCUT2D eigenvalue weighted by atomic mass is 10.1. The van der Waals surface area contributed by atoms with Crippen molar-refractivity contribution < 1.29 is 9.72 Å². The molecular weight excluding hydrogens is 286 g/mol. The van der Waals surface area contributed by atoms with E-state index in [9.17, 15) is 14.9 Å². The molecule has 0 aromatic carbocycles. The van der Waals surface area contributed by atoms with Gasteiger partial charge >= 0.3 is 5.69 Å². The standard InChI is InChI=1S/C14H17N5O3/c1-11(12-3-6-15-7-4-12)17(2)14(20)5-8-18-10-13(9-16-18)19(21)22/h3-4,6-7,9-11H,5,8H2,1-2H3/t11-/m1/s1. The number of hydrogen-bond acceptors (Lipinski definition) is 5. The third kappa shape index (κ3) is 3.66. The molecular formula is C14H17N5O3. The molecule has 8 nitrogen and oxygen atoms in total. The van der Waals surface area contributed by atoms with Gasteiger partial charge in [-0.25, -0.2) is 0 Å². The van der Waals surface area contributed by atoms with Crippen LogP contribution in [0.25, 0.3) is 0 Å². The van der Waals surface area contributed by atoms with Crippen LogP contribution in [0.5, 0.6) is 0 Å². The van der Waals surface area contributed by atoms with Gasteiger partial charge < -0.3 is 4.90 Å². The number of nitro groups is 1. The summed E-state index contributed by atoms with van der Waals surface area (Å²) < 4.78 is 1.40. The molecule has 8 heteroatoms.